The quantitative estimate of drug-likeness (QED) is 0.890. The van der Waals surface area contributed by atoms with Gasteiger partial charge < -0.3 is 10.2 Å². The van der Waals surface area contributed by atoms with Gasteiger partial charge in [0, 0.05) is 18.6 Å². The predicted octanol–water partition coefficient (Wildman–Crippen LogP) is 3.92. The minimum atomic E-state index is 0.0569. The van der Waals surface area contributed by atoms with E-state index in [1.807, 2.05) is 6.07 Å². The molecule has 0 aromatic carbocycles. The number of aromatic nitrogens is 1. The molecule has 0 bridgehead atoms. The largest absolute Gasteiger partial charge is 0.365 e. The molecule has 0 radical (unpaired) electrons. The van der Waals surface area contributed by atoms with E-state index in [4.69, 9.17) is 4.98 Å². The summed E-state index contributed by atoms with van der Waals surface area (Å²) in [6.07, 6.45) is 3.94. The molecule has 3 nitrogen and oxygen atoms in total. The van der Waals surface area contributed by atoms with E-state index in [-0.39, 0.29) is 5.54 Å². The van der Waals surface area contributed by atoms with Crippen LogP contribution in [-0.4, -0.2) is 23.6 Å². The summed E-state index contributed by atoms with van der Waals surface area (Å²) in [7, 11) is 0. The van der Waals surface area contributed by atoms with E-state index in [2.05, 4.69) is 50.0 Å². The van der Waals surface area contributed by atoms with Gasteiger partial charge in [-0.1, -0.05) is 19.4 Å². The molecule has 0 amide bonds. The third-order valence-corrected chi connectivity index (χ3v) is 3.54. The topological polar surface area (TPSA) is 28.2 Å². The van der Waals surface area contributed by atoms with E-state index < -0.39 is 0 Å². The summed E-state index contributed by atoms with van der Waals surface area (Å²) in [5, 5.41) is 3.44. The molecular formula is C16H27N3. The van der Waals surface area contributed by atoms with E-state index in [1.165, 1.54) is 25.8 Å². The van der Waals surface area contributed by atoms with Gasteiger partial charge in [-0.05, 0) is 51.7 Å². The summed E-state index contributed by atoms with van der Waals surface area (Å²) in [6, 6.07) is 6.28. The highest BCUT2D eigenvalue weighted by molar-refractivity contribution is 5.48. The molecule has 2 rings (SSSR count). The SMILES string of the molecule is CCCC1CCN(c2cccc(NC(C)(C)C)n2)C1. The lowest BCUT2D eigenvalue weighted by Gasteiger charge is -2.23. The maximum Gasteiger partial charge on any atom is 0.130 e. The average molecular weight is 261 g/mol. The van der Waals surface area contributed by atoms with Gasteiger partial charge in [-0.2, -0.15) is 0 Å². The minimum absolute atomic E-state index is 0.0569. The monoisotopic (exact) mass is 261 g/mol. The van der Waals surface area contributed by atoms with Crippen LogP contribution in [0.3, 0.4) is 0 Å². The van der Waals surface area contributed by atoms with Crippen LogP contribution in [0.5, 0.6) is 0 Å². The minimum Gasteiger partial charge on any atom is -0.365 e. The highest BCUT2D eigenvalue weighted by atomic mass is 15.2. The van der Waals surface area contributed by atoms with Crippen LogP contribution in [0.1, 0.15) is 47.0 Å². The number of anilines is 2. The molecule has 1 fully saturated rings. The normalized spacial score (nSPS) is 19.8. The lowest BCUT2D eigenvalue weighted by atomic mass is 10.0. The highest BCUT2D eigenvalue weighted by Gasteiger charge is 2.23. The van der Waals surface area contributed by atoms with Crippen LogP contribution in [-0.2, 0) is 0 Å². The molecule has 19 heavy (non-hydrogen) atoms. The first-order chi connectivity index (χ1) is 8.98. The molecule has 2 heterocycles. The van der Waals surface area contributed by atoms with Crippen LogP contribution in [0, 0.1) is 5.92 Å². The molecule has 0 saturated carbocycles. The first kappa shape index (κ1) is 14.2. The van der Waals surface area contributed by atoms with Gasteiger partial charge in [0.15, 0.2) is 0 Å². The Morgan fingerprint density at radius 3 is 2.84 bits per heavy atom. The fourth-order valence-corrected chi connectivity index (χ4v) is 2.74. The van der Waals surface area contributed by atoms with Crippen molar-refractivity contribution < 1.29 is 0 Å². The zero-order chi connectivity index (χ0) is 13.9. The second-order valence-electron chi connectivity index (χ2n) is 6.65. The molecule has 1 N–H and O–H groups in total. The fraction of sp³-hybridized carbons (Fsp3) is 0.688. The third-order valence-electron chi connectivity index (χ3n) is 3.54. The Morgan fingerprint density at radius 2 is 2.16 bits per heavy atom. The molecule has 1 atom stereocenters. The van der Waals surface area contributed by atoms with Crippen molar-refractivity contribution in [2.24, 2.45) is 5.92 Å². The van der Waals surface area contributed by atoms with E-state index in [1.54, 1.807) is 0 Å². The van der Waals surface area contributed by atoms with E-state index in [9.17, 15) is 0 Å². The van der Waals surface area contributed by atoms with Gasteiger partial charge in [0.2, 0.25) is 0 Å². The van der Waals surface area contributed by atoms with Crippen molar-refractivity contribution in [3.05, 3.63) is 18.2 Å². The van der Waals surface area contributed by atoms with Crippen molar-refractivity contribution in [1.82, 2.24) is 4.98 Å². The molecule has 1 aliphatic heterocycles. The summed E-state index contributed by atoms with van der Waals surface area (Å²) in [5.41, 5.74) is 0.0569. The smallest absolute Gasteiger partial charge is 0.130 e. The Labute approximate surface area is 117 Å². The number of rotatable bonds is 4. The highest BCUT2D eigenvalue weighted by Crippen LogP contribution is 2.26. The van der Waals surface area contributed by atoms with Crippen molar-refractivity contribution in [2.75, 3.05) is 23.3 Å². The molecule has 1 aromatic heterocycles. The number of nitrogens with one attached hydrogen (secondary N) is 1. The van der Waals surface area contributed by atoms with Crippen molar-refractivity contribution in [3.8, 4) is 0 Å². The van der Waals surface area contributed by atoms with Crippen LogP contribution in [0.4, 0.5) is 11.6 Å². The Morgan fingerprint density at radius 1 is 1.37 bits per heavy atom. The summed E-state index contributed by atoms with van der Waals surface area (Å²) in [5.74, 6) is 2.95. The van der Waals surface area contributed by atoms with Crippen molar-refractivity contribution in [1.29, 1.82) is 0 Å². The van der Waals surface area contributed by atoms with Crippen LogP contribution >= 0.6 is 0 Å². The molecule has 106 valence electrons. The lowest BCUT2D eigenvalue weighted by molar-refractivity contribution is 0.529. The maximum atomic E-state index is 4.75. The van der Waals surface area contributed by atoms with Crippen molar-refractivity contribution >= 4 is 11.6 Å². The second-order valence-corrected chi connectivity index (χ2v) is 6.65. The van der Waals surface area contributed by atoms with E-state index >= 15 is 0 Å². The first-order valence-corrected chi connectivity index (χ1v) is 7.48. The van der Waals surface area contributed by atoms with Crippen molar-refractivity contribution in [2.45, 2.75) is 52.5 Å². The molecular weight excluding hydrogens is 234 g/mol. The molecule has 1 saturated heterocycles. The molecule has 1 unspecified atom stereocenters. The first-order valence-electron chi connectivity index (χ1n) is 7.48. The average Bonchev–Trinajstić information content (AvgIpc) is 2.76. The predicted molar refractivity (Wildman–Crippen MR) is 82.8 cm³/mol. The molecule has 1 aromatic rings. The molecule has 0 spiro atoms. The Balaban J connectivity index is 2.03. The standard InChI is InChI=1S/C16H27N3/c1-5-7-13-10-11-19(12-13)15-9-6-8-14(17-15)18-16(2,3)4/h6,8-9,13H,5,7,10-12H2,1-4H3,(H,17,18). The van der Waals surface area contributed by atoms with Crippen LogP contribution in [0.2, 0.25) is 0 Å². The van der Waals surface area contributed by atoms with Crippen LogP contribution in [0.25, 0.3) is 0 Å². The zero-order valence-corrected chi connectivity index (χ0v) is 12.7. The fourth-order valence-electron chi connectivity index (χ4n) is 2.74. The van der Waals surface area contributed by atoms with Gasteiger partial charge >= 0.3 is 0 Å². The summed E-state index contributed by atoms with van der Waals surface area (Å²) in [4.78, 5) is 7.17. The van der Waals surface area contributed by atoms with E-state index in [0.29, 0.717) is 0 Å². The Bertz CT molecular complexity index is 409. The zero-order valence-electron chi connectivity index (χ0n) is 12.7. The number of hydrogen-bond acceptors (Lipinski definition) is 3. The van der Waals surface area contributed by atoms with Gasteiger partial charge in [-0.25, -0.2) is 4.98 Å². The summed E-state index contributed by atoms with van der Waals surface area (Å²) in [6.45, 7) is 11.1. The van der Waals surface area contributed by atoms with Gasteiger partial charge in [0.25, 0.3) is 0 Å². The van der Waals surface area contributed by atoms with Crippen molar-refractivity contribution in [3.63, 3.8) is 0 Å². The Hall–Kier alpha value is -1.25. The Kier molecular flexibility index (Phi) is 4.33. The van der Waals surface area contributed by atoms with Crippen LogP contribution < -0.4 is 10.2 Å². The second kappa shape index (κ2) is 5.81. The lowest BCUT2D eigenvalue weighted by Crippen LogP contribution is -2.27. The maximum absolute atomic E-state index is 4.75. The molecule has 3 heteroatoms. The summed E-state index contributed by atoms with van der Waals surface area (Å²) >= 11 is 0. The van der Waals surface area contributed by atoms with Crippen LogP contribution in [0.15, 0.2) is 18.2 Å². The number of pyridine rings is 1. The summed E-state index contributed by atoms with van der Waals surface area (Å²) < 4.78 is 0. The third kappa shape index (κ3) is 4.12. The van der Waals surface area contributed by atoms with Gasteiger partial charge in [-0.15, -0.1) is 0 Å². The van der Waals surface area contributed by atoms with Gasteiger partial charge in [0.05, 0.1) is 0 Å². The number of hydrogen-bond donors (Lipinski definition) is 1. The van der Waals surface area contributed by atoms with Gasteiger partial charge in [-0.3, -0.25) is 0 Å². The molecule has 1 aliphatic rings. The molecule has 0 aliphatic carbocycles. The van der Waals surface area contributed by atoms with E-state index in [0.717, 1.165) is 24.1 Å². The van der Waals surface area contributed by atoms with Gasteiger partial charge in [0.1, 0.15) is 11.6 Å². The number of nitrogens with zero attached hydrogens (tertiary/aromatic N) is 2.